The lowest BCUT2D eigenvalue weighted by atomic mass is 9.80. The molecule has 21 heavy (non-hydrogen) atoms. The zero-order valence-electron chi connectivity index (χ0n) is 10.6. The average Bonchev–Trinajstić information content (AvgIpc) is 2.80. The topological polar surface area (TPSA) is 95.3 Å². The van der Waals surface area contributed by atoms with E-state index in [1.807, 2.05) is 0 Å². The minimum absolute atomic E-state index is 0.0242. The largest absolute Gasteiger partial charge is 0.491 e. The highest BCUT2D eigenvalue weighted by Crippen LogP contribution is 2.24. The number of nitrogens with zero attached hydrogens (tertiary/aromatic N) is 1. The third kappa shape index (κ3) is 2.52. The molecular formula is C13H8BClN2O4. The summed E-state index contributed by atoms with van der Waals surface area (Å²) in [6, 6.07) is 8.11. The molecule has 0 spiro atoms. The molecule has 0 fully saturated rings. The minimum atomic E-state index is -0.918. The molecule has 2 heterocycles. The molecule has 2 N–H and O–H groups in total. The molecular weight excluding hydrogens is 294 g/mol. The van der Waals surface area contributed by atoms with E-state index in [-0.39, 0.29) is 16.5 Å². The number of pyridine rings is 1. The van der Waals surface area contributed by atoms with Gasteiger partial charge in [-0.1, -0.05) is 17.7 Å². The lowest BCUT2D eigenvalue weighted by Crippen LogP contribution is -2.27. The predicted octanol–water partition coefficient (Wildman–Crippen LogP) is 0.910. The van der Waals surface area contributed by atoms with Gasteiger partial charge >= 0.3 is 7.12 Å². The van der Waals surface area contributed by atoms with Crippen LogP contribution in [0, 0.1) is 11.3 Å². The zero-order chi connectivity index (χ0) is 15.0. The number of halogens is 1. The van der Waals surface area contributed by atoms with Gasteiger partial charge < -0.3 is 14.4 Å². The summed E-state index contributed by atoms with van der Waals surface area (Å²) in [7, 11) is -0.918. The number of nitrogens with one attached hydrogen (secondary N) is 1. The maximum atomic E-state index is 11.6. The van der Waals surface area contributed by atoms with Crippen LogP contribution < -0.4 is 15.8 Å². The Bertz CT molecular complexity index is 815. The summed E-state index contributed by atoms with van der Waals surface area (Å²) in [6.07, 6.45) is 0. The summed E-state index contributed by atoms with van der Waals surface area (Å²) in [5.41, 5.74) is 0.727. The lowest BCUT2D eigenvalue weighted by molar-refractivity contribution is 0.275. The van der Waals surface area contributed by atoms with Crippen molar-refractivity contribution in [1.29, 1.82) is 5.26 Å². The van der Waals surface area contributed by atoms with Crippen LogP contribution in [-0.2, 0) is 11.3 Å². The van der Waals surface area contributed by atoms with E-state index < -0.39 is 12.7 Å². The first-order valence-corrected chi connectivity index (χ1v) is 6.39. The molecule has 6 nitrogen and oxygen atoms in total. The summed E-state index contributed by atoms with van der Waals surface area (Å²) in [6.45, 7) is 0.290. The predicted molar refractivity (Wildman–Crippen MR) is 75.7 cm³/mol. The molecule has 2 aromatic rings. The number of nitriles is 1. The molecule has 1 aromatic carbocycles. The van der Waals surface area contributed by atoms with E-state index in [1.54, 1.807) is 24.3 Å². The van der Waals surface area contributed by atoms with Crippen LogP contribution in [0.2, 0.25) is 5.02 Å². The molecule has 0 saturated carbocycles. The van der Waals surface area contributed by atoms with Crippen molar-refractivity contribution in [2.45, 2.75) is 6.61 Å². The van der Waals surface area contributed by atoms with Gasteiger partial charge in [-0.3, -0.25) is 9.78 Å². The van der Waals surface area contributed by atoms with Crippen LogP contribution >= 0.6 is 11.6 Å². The highest BCUT2D eigenvalue weighted by atomic mass is 35.5. The Balaban J connectivity index is 1.92. The Labute approximate surface area is 124 Å². The van der Waals surface area contributed by atoms with Gasteiger partial charge in [0.1, 0.15) is 17.4 Å². The second-order valence-corrected chi connectivity index (χ2v) is 4.83. The lowest BCUT2D eigenvalue weighted by Gasteiger charge is -2.07. The second-order valence-electron chi connectivity index (χ2n) is 4.42. The number of ether oxygens (including phenoxy) is 1. The maximum absolute atomic E-state index is 11.6. The summed E-state index contributed by atoms with van der Waals surface area (Å²) in [4.78, 5) is 14.0. The molecule has 0 unspecified atom stereocenters. The fraction of sp³-hybridized carbons (Fsp3) is 0.0769. The van der Waals surface area contributed by atoms with E-state index in [9.17, 15) is 9.82 Å². The molecule has 3 rings (SSSR count). The monoisotopic (exact) mass is 302 g/mol. The van der Waals surface area contributed by atoms with Crippen molar-refractivity contribution in [1.82, 2.24) is 4.98 Å². The number of hydrogen-bond donors (Lipinski definition) is 2. The van der Waals surface area contributed by atoms with Crippen LogP contribution in [0.4, 0.5) is 0 Å². The first-order chi connectivity index (χ1) is 10.1. The van der Waals surface area contributed by atoms with Crippen LogP contribution in [0.1, 0.15) is 11.1 Å². The number of rotatable bonds is 2. The summed E-state index contributed by atoms with van der Waals surface area (Å²) in [5.74, 6) is 0.589. The molecule has 0 amide bonds. The molecule has 1 aliphatic heterocycles. The minimum Gasteiger partial charge on any atom is -0.441 e. The quantitative estimate of drug-likeness (QED) is 0.804. The number of aromatic amines is 1. The van der Waals surface area contributed by atoms with Gasteiger partial charge in [0.25, 0.3) is 5.56 Å². The van der Waals surface area contributed by atoms with Crippen molar-refractivity contribution in [3.8, 4) is 17.7 Å². The number of fused-ring (bicyclic) bond motifs is 1. The van der Waals surface area contributed by atoms with Gasteiger partial charge in [0, 0.05) is 6.07 Å². The first-order valence-electron chi connectivity index (χ1n) is 6.02. The van der Waals surface area contributed by atoms with E-state index in [1.165, 1.54) is 6.07 Å². The van der Waals surface area contributed by atoms with Crippen molar-refractivity contribution in [3.63, 3.8) is 0 Å². The van der Waals surface area contributed by atoms with Crippen LogP contribution in [-0.4, -0.2) is 17.1 Å². The van der Waals surface area contributed by atoms with Gasteiger partial charge in [0.2, 0.25) is 5.88 Å². The van der Waals surface area contributed by atoms with Crippen LogP contribution in [0.15, 0.2) is 29.1 Å². The molecule has 1 aromatic heterocycles. The van der Waals surface area contributed by atoms with E-state index in [2.05, 4.69) is 4.98 Å². The highest BCUT2D eigenvalue weighted by Gasteiger charge is 2.27. The fourth-order valence-corrected chi connectivity index (χ4v) is 2.29. The first kappa shape index (κ1) is 13.7. The molecule has 0 atom stereocenters. The zero-order valence-corrected chi connectivity index (χ0v) is 11.3. The molecule has 0 bridgehead atoms. The van der Waals surface area contributed by atoms with Crippen molar-refractivity contribution >= 4 is 24.2 Å². The Hall–Kier alpha value is -2.27. The van der Waals surface area contributed by atoms with Crippen LogP contribution in [0.5, 0.6) is 11.6 Å². The smallest absolute Gasteiger partial charge is 0.441 e. The van der Waals surface area contributed by atoms with Gasteiger partial charge in [-0.05, 0) is 23.2 Å². The van der Waals surface area contributed by atoms with Gasteiger partial charge in [-0.2, -0.15) is 5.26 Å². The Morgan fingerprint density at radius 2 is 2.29 bits per heavy atom. The van der Waals surface area contributed by atoms with Crippen molar-refractivity contribution in [2.24, 2.45) is 0 Å². The number of H-pyrrole nitrogens is 1. The third-order valence-electron chi connectivity index (χ3n) is 3.08. The van der Waals surface area contributed by atoms with Gasteiger partial charge in [0.15, 0.2) is 0 Å². The van der Waals surface area contributed by atoms with E-state index >= 15 is 0 Å². The number of benzene rings is 1. The summed E-state index contributed by atoms with van der Waals surface area (Å²) in [5, 5.41) is 18.3. The second kappa shape index (κ2) is 5.26. The SMILES string of the molecule is N#Cc1c(Cl)cc(Oc2ccc3c(c2)COB3O)[nH]c1=O. The van der Waals surface area contributed by atoms with Crippen LogP contribution in [0.25, 0.3) is 0 Å². The molecule has 104 valence electrons. The molecule has 8 heteroatoms. The Kier molecular flexibility index (Phi) is 3.43. The molecule has 0 radical (unpaired) electrons. The Morgan fingerprint density at radius 1 is 1.48 bits per heavy atom. The Morgan fingerprint density at radius 3 is 3.00 bits per heavy atom. The standard InChI is InChI=1S/C13H8BClN2O4/c15-11-4-12(17-13(18)9(11)5-16)21-8-1-2-10-7(3-8)6-20-14(10)19/h1-4,19H,6H2,(H,17,18). The average molecular weight is 302 g/mol. The number of hydrogen-bond acceptors (Lipinski definition) is 5. The molecule has 0 saturated heterocycles. The van der Waals surface area contributed by atoms with Gasteiger partial charge in [0.05, 0.1) is 11.6 Å². The number of aromatic nitrogens is 1. The maximum Gasteiger partial charge on any atom is 0.491 e. The van der Waals surface area contributed by atoms with Gasteiger partial charge in [-0.25, -0.2) is 0 Å². The fourth-order valence-electron chi connectivity index (χ4n) is 2.06. The van der Waals surface area contributed by atoms with E-state index in [4.69, 9.17) is 26.3 Å². The van der Waals surface area contributed by atoms with E-state index in [0.717, 1.165) is 5.56 Å². The summed E-state index contributed by atoms with van der Waals surface area (Å²) >= 11 is 5.84. The van der Waals surface area contributed by atoms with Crippen molar-refractivity contribution in [3.05, 3.63) is 50.8 Å². The van der Waals surface area contributed by atoms with Crippen LogP contribution in [0.3, 0.4) is 0 Å². The highest BCUT2D eigenvalue weighted by molar-refractivity contribution is 6.61. The third-order valence-corrected chi connectivity index (χ3v) is 3.38. The van der Waals surface area contributed by atoms with Crippen molar-refractivity contribution < 1.29 is 14.4 Å². The normalized spacial score (nSPS) is 12.9. The van der Waals surface area contributed by atoms with Crippen molar-refractivity contribution in [2.75, 3.05) is 0 Å². The summed E-state index contributed by atoms with van der Waals surface area (Å²) < 4.78 is 10.6. The molecule has 0 aliphatic carbocycles. The molecule has 1 aliphatic rings. The van der Waals surface area contributed by atoms with E-state index in [0.29, 0.717) is 17.8 Å². The van der Waals surface area contributed by atoms with Gasteiger partial charge in [-0.15, -0.1) is 0 Å².